The Hall–Kier alpha value is -2.15. The highest BCUT2D eigenvalue weighted by Crippen LogP contribution is 2.23. The Morgan fingerprint density at radius 3 is 2.82 bits per heavy atom. The van der Waals surface area contributed by atoms with Crippen LogP contribution in [0.4, 0.5) is 11.5 Å². The van der Waals surface area contributed by atoms with E-state index in [4.69, 9.17) is 17.3 Å². The fourth-order valence-corrected chi connectivity index (χ4v) is 1.58. The van der Waals surface area contributed by atoms with Crippen LogP contribution in [0, 0.1) is 10.1 Å². The van der Waals surface area contributed by atoms with Crippen LogP contribution in [0.2, 0.25) is 5.02 Å². The maximum Gasteiger partial charge on any atom is 0.270 e. The first-order valence-corrected chi connectivity index (χ1v) is 5.02. The van der Waals surface area contributed by atoms with E-state index < -0.39 is 4.92 Å². The summed E-state index contributed by atoms with van der Waals surface area (Å²) in [6, 6.07) is 4.27. The van der Waals surface area contributed by atoms with Gasteiger partial charge in [0, 0.05) is 12.1 Å². The molecule has 0 fully saturated rings. The van der Waals surface area contributed by atoms with Crippen molar-refractivity contribution in [2.75, 3.05) is 5.73 Å². The smallest absolute Gasteiger partial charge is 0.270 e. The Kier molecular flexibility index (Phi) is 2.92. The first kappa shape index (κ1) is 11.3. The fourth-order valence-electron chi connectivity index (χ4n) is 1.34. The third-order valence-electron chi connectivity index (χ3n) is 2.14. The van der Waals surface area contributed by atoms with Crippen LogP contribution in [0.25, 0.3) is 0 Å². The summed E-state index contributed by atoms with van der Waals surface area (Å²) >= 11 is 5.93. The first-order chi connectivity index (χ1) is 8.06. The van der Waals surface area contributed by atoms with E-state index in [1.807, 2.05) is 0 Å². The molecule has 1 heterocycles. The largest absolute Gasteiger partial charge is 0.381 e. The van der Waals surface area contributed by atoms with Gasteiger partial charge < -0.3 is 5.73 Å². The highest BCUT2D eigenvalue weighted by atomic mass is 35.5. The summed E-state index contributed by atoms with van der Waals surface area (Å²) in [5.74, 6) is 0.308. The summed E-state index contributed by atoms with van der Waals surface area (Å²) < 4.78 is 1.50. The second-order valence-electron chi connectivity index (χ2n) is 3.37. The molecule has 2 aromatic rings. The Morgan fingerprint density at radius 1 is 1.53 bits per heavy atom. The fraction of sp³-hybridized carbons (Fsp3) is 0.111. The lowest BCUT2D eigenvalue weighted by atomic mass is 10.2. The number of benzene rings is 1. The molecule has 0 aliphatic rings. The molecule has 0 unspecified atom stereocenters. The number of rotatable bonds is 3. The van der Waals surface area contributed by atoms with Crippen LogP contribution < -0.4 is 5.73 Å². The van der Waals surface area contributed by atoms with Crippen LogP contribution in [0.15, 0.2) is 24.4 Å². The monoisotopic (exact) mass is 253 g/mol. The molecule has 7 nitrogen and oxygen atoms in total. The Labute approximate surface area is 101 Å². The molecule has 2 N–H and O–H groups in total. The Morgan fingerprint density at radius 2 is 2.29 bits per heavy atom. The first-order valence-electron chi connectivity index (χ1n) is 4.64. The molecule has 17 heavy (non-hydrogen) atoms. The molecule has 0 aliphatic heterocycles. The van der Waals surface area contributed by atoms with E-state index in [9.17, 15) is 10.1 Å². The van der Waals surface area contributed by atoms with Crippen molar-refractivity contribution in [3.8, 4) is 0 Å². The Bertz CT molecular complexity index is 568. The van der Waals surface area contributed by atoms with Gasteiger partial charge in [-0.3, -0.25) is 10.1 Å². The molecule has 0 bridgehead atoms. The molecule has 0 aliphatic carbocycles. The van der Waals surface area contributed by atoms with Crippen molar-refractivity contribution in [3.63, 3.8) is 0 Å². The van der Waals surface area contributed by atoms with Gasteiger partial charge in [-0.05, 0) is 11.6 Å². The predicted octanol–water partition coefficient (Wildman–Crippen LogP) is 1.47. The molecule has 8 heteroatoms. The number of halogens is 1. The summed E-state index contributed by atoms with van der Waals surface area (Å²) in [5.41, 5.74) is 6.08. The minimum absolute atomic E-state index is 0.0446. The zero-order valence-corrected chi connectivity index (χ0v) is 9.33. The van der Waals surface area contributed by atoms with E-state index >= 15 is 0 Å². The standard InChI is InChI=1S/C9H8ClN5O2/c10-8-3-7(15(16)17)2-1-6(8)4-14-5-9(11)12-13-14/h1-3,5H,4,11H2. The third-order valence-corrected chi connectivity index (χ3v) is 2.49. The van der Waals surface area contributed by atoms with Crippen molar-refractivity contribution >= 4 is 23.1 Å². The number of hydrogen-bond donors (Lipinski definition) is 1. The maximum absolute atomic E-state index is 10.5. The lowest BCUT2D eigenvalue weighted by Crippen LogP contribution is -2.01. The number of nitrogen functional groups attached to an aromatic ring is 1. The number of nitrogens with zero attached hydrogens (tertiary/aromatic N) is 4. The molecular formula is C9H8ClN5O2. The van der Waals surface area contributed by atoms with Gasteiger partial charge in [0.1, 0.15) is 0 Å². The van der Waals surface area contributed by atoms with E-state index in [1.54, 1.807) is 12.3 Å². The van der Waals surface area contributed by atoms with Crippen molar-refractivity contribution in [1.29, 1.82) is 0 Å². The van der Waals surface area contributed by atoms with Crippen molar-refractivity contribution in [1.82, 2.24) is 15.0 Å². The topological polar surface area (TPSA) is 99.9 Å². The molecule has 88 valence electrons. The van der Waals surface area contributed by atoms with Gasteiger partial charge in [-0.2, -0.15) is 0 Å². The van der Waals surface area contributed by atoms with Crippen molar-refractivity contribution in [3.05, 3.63) is 45.1 Å². The number of nitro groups is 1. The summed E-state index contributed by atoms with van der Waals surface area (Å²) in [5, 5.41) is 18.2. The van der Waals surface area contributed by atoms with Crippen molar-refractivity contribution in [2.24, 2.45) is 0 Å². The van der Waals surface area contributed by atoms with Crippen LogP contribution in [-0.4, -0.2) is 19.9 Å². The van der Waals surface area contributed by atoms with Gasteiger partial charge in [-0.25, -0.2) is 4.68 Å². The highest BCUT2D eigenvalue weighted by molar-refractivity contribution is 6.31. The van der Waals surface area contributed by atoms with Gasteiger partial charge in [-0.1, -0.05) is 16.8 Å². The van der Waals surface area contributed by atoms with Crippen LogP contribution in [0.3, 0.4) is 0 Å². The zero-order valence-electron chi connectivity index (χ0n) is 8.58. The van der Waals surface area contributed by atoms with Gasteiger partial charge in [-0.15, -0.1) is 5.10 Å². The summed E-state index contributed by atoms with van der Waals surface area (Å²) in [7, 11) is 0. The average molecular weight is 254 g/mol. The molecule has 1 aromatic heterocycles. The normalized spacial score (nSPS) is 10.4. The molecular weight excluding hydrogens is 246 g/mol. The predicted molar refractivity (Wildman–Crippen MR) is 61.6 cm³/mol. The van der Waals surface area contributed by atoms with E-state index in [2.05, 4.69) is 10.3 Å². The molecule has 0 amide bonds. The lowest BCUT2D eigenvalue weighted by molar-refractivity contribution is -0.384. The van der Waals surface area contributed by atoms with Crippen LogP contribution in [0.5, 0.6) is 0 Å². The second-order valence-corrected chi connectivity index (χ2v) is 3.78. The molecule has 1 aromatic carbocycles. The molecule has 2 rings (SSSR count). The number of non-ortho nitro benzene ring substituents is 1. The number of nitrogens with two attached hydrogens (primary N) is 1. The van der Waals surface area contributed by atoms with E-state index in [0.717, 1.165) is 0 Å². The zero-order chi connectivity index (χ0) is 12.4. The Balaban J connectivity index is 2.25. The summed E-state index contributed by atoms with van der Waals surface area (Å²) in [6.07, 6.45) is 1.55. The van der Waals surface area contributed by atoms with Gasteiger partial charge in [0.15, 0.2) is 5.82 Å². The summed E-state index contributed by atoms with van der Waals surface area (Å²) in [4.78, 5) is 10.0. The molecule has 0 saturated heterocycles. The highest BCUT2D eigenvalue weighted by Gasteiger charge is 2.10. The second kappa shape index (κ2) is 4.38. The third kappa shape index (κ3) is 2.51. The molecule has 0 spiro atoms. The minimum atomic E-state index is -0.497. The number of aromatic nitrogens is 3. The lowest BCUT2D eigenvalue weighted by Gasteiger charge is -2.03. The molecule has 0 radical (unpaired) electrons. The van der Waals surface area contributed by atoms with Gasteiger partial charge in [0.25, 0.3) is 5.69 Å². The number of hydrogen-bond acceptors (Lipinski definition) is 5. The maximum atomic E-state index is 10.5. The van der Waals surface area contributed by atoms with Crippen molar-refractivity contribution < 1.29 is 4.92 Å². The average Bonchev–Trinajstić information content (AvgIpc) is 2.67. The number of nitro benzene ring substituents is 1. The van der Waals surface area contributed by atoms with E-state index in [-0.39, 0.29) is 5.69 Å². The molecule has 0 saturated carbocycles. The number of anilines is 1. The van der Waals surface area contributed by atoms with Gasteiger partial charge in [0.2, 0.25) is 0 Å². The quantitative estimate of drug-likeness (QED) is 0.659. The van der Waals surface area contributed by atoms with Crippen LogP contribution in [0.1, 0.15) is 5.56 Å². The van der Waals surface area contributed by atoms with E-state index in [0.29, 0.717) is 22.9 Å². The van der Waals surface area contributed by atoms with Crippen LogP contribution >= 0.6 is 11.6 Å². The van der Waals surface area contributed by atoms with E-state index in [1.165, 1.54) is 16.8 Å². The van der Waals surface area contributed by atoms with Crippen molar-refractivity contribution in [2.45, 2.75) is 6.54 Å². The van der Waals surface area contributed by atoms with Gasteiger partial charge >= 0.3 is 0 Å². The summed E-state index contributed by atoms with van der Waals surface area (Å²) in [6.45, 7) is 0.362. The molecule has 0 atom stereocenters. The van der Waals surface area contributed by atoms with Gasteiger partial charge in [0.05, 0.1) is 22.7 Å². The minimum Gasteiger partial charge on any atom is -0.381 e. The SMILES string of the molecule is Nc1cn(Cc2ccc([N+](=O)[O-])cc2Cl)nn1. The van der Waals surface area contributed by atoms with Crippen LogP contribution in [-0.2, 0) is 6.54 Å².